The maximum Gasteiger partial charge on any atom is 0.296 e. The van der Waals surface area contributed by atoms with Gasteiger partial charge in [-0.2, -0.15) is 0 Å². The molecule has 2 atom stereocenters. The van der Waals surface area contributed by atoms with Gasteiger partial charge in [0.05, 0.1) is 23.7 Å². The van der Waals surface area contributed by atoms with Crippen molar-refractivity contribution in [2.24, 2.45) is 11.0 Å². The fourth-order valence-corrected chi connectivity index (χ4v) is 3.91. The summed E-state index contributed by atoms with van der Waals surface area (Å²) in [7, 11) is 0. The van der Waals surface area contributed by atoms with Crippen LogP contribution in [0, 0.1) is 5.92 Å². The molecular formula is C19H16N2O2. The molecule has 2 heterocycles. The first-order valence-electron chi connectivity index (χ1n) is 8.07. The summed E-state index contributed by atoms with van der Waals surface area (Å²) in [5, 5.41) is 16.6. The number of benzene rings is 2. The molecule has 1 saturated heterocycles. The minimum Gasteiger partial charge on any atom is -0.857 e. The van der Waals surface area contributed by atoms with E-state index in [0.29, 0.717) is 6.61 Å². The number of ether oxygens (including phenoxy) is 1. The van der Waals surface area contributed by atoms with Crippen LogP contribution in [0.25, 0.3) is 11.1 Å². The van der Waals surface area contributed by atoms with Gasteiger partial charge in [-0.05, 0) is 41.2 Å². The summed E-state index contributed by atoms with van der Waals surface area (Å²) >= 11 is 0. The highest BCUT2D eigenvalue weighted by Gasteiger charge is 2.46. The second kappa shape index (κ2) is 4.77. The highest BCUT2D eigenvalue weighted by Crippen LogP contribution is 2.38. The van der Waals surface area contributed by atoms with Gasteiger partial charge in [0.15, 0.2) is 0 Å². The maximum atomic E-state index is 12.3. The van der Waals surface area contributed by atoms with Crippen molar-refractivity contribution in [1.82, 2.24) is 0 Å². The van der Waals surface area contributed by atoms with Gasteiger partial charge in [0.25, 0.3) is 6.23 Å². The first-order valence-corrected chi connectivity index (χ1v) is 8.07. The maximum absolute atomic E-state index is 12.3. The average molecular weight is 304 g/mol. The number of rotatable bonds is 0. The molecule has 23 heavy (non-hydrogen) atoms. The van der Waals surface area contributed by atoms with Crippen LogP contribution in [-0.2, 0) is 4.74 Å². The SMILES string of the molecule is [O-]C1=N[N+](=C2c3ccccc3-c3ccccc32)[C@@H]2OCCC[C@H]12. The van der Waals surface area contributed by atoms with E-state index in [-0.39, 0.29) is 18.0 Å². The van der Waals surface area contributed by atoms with Gasteiger partial charge in [0, 0.05) is 5.90 Å². The molecule has 5 rings (SSSR count). The Kier molecular flexibility index (Phi) is 2.70. The molecule has 0 bridgehead atoms. The van der Waals surface area contributed by atoms with Crippen molar-refractivity contribution in [3.8, 4) is 11.1 Å². The molecule has 2 aliphatic heterocycles. The zero-order chi connectivity index (χ0) is 15.4. The smallest absolute Gasteiger partial charge is 0.296 e. The van der Waals surface area contributed by atoms with Crippen molar-refractivity contribution in [1.29, 1.82) is 0 Å². The molecule has 0 unspecified atom stereocenters. The number of fused-ring (bicyclic) bond motifs is 4. The van der Waals surface area contributed by atoms with Crippen molar-refractivity contribution in [3.63, 3.8) is 0 Å². The highest BCUT2D eigenvalue weighted by atomic mass is 16.5. The van der Waals surface area contributed by atoms with Crippen LogP contribution >= 0.6 is 0 Å². The summed E-state index contributed by atoms with van der Waals surface area (Å²) in [6.07, 6.45) is 1.53. The monoisotopic (exact) mass is 304 g/mol. The third-order valence-corrected chi connectivity index (χ3v) is 4.94. The minimum atomic E-state index is -0.259. The lowest BCUT2D eigenvalue weighted by Crippen LogP contribution is -2.40. The first-order chi connectivity index (χ1) is 11.3. The zero-order valence-corrected chi connectivity index (χ0v) is 12.6. The molecule has 4 heteroatoms. The van der Waals surface area contributed by atoms with Crippen LogP contribution in [0.3, 0.4) is 0 Å². The predicted molar refractivity (Wildman–Crippen MR) is 85.2 cm³/mol. The Morgan fingerprint density at radius 3 is 2.22 bits per heavy atom. The van der Waals surface area contributed by atoms with E-state index in [1.54, 1.807) is 0 Å². The third-order valence-electron chi connectivity index (χ3n) is 4.94. The zero-order valence-electron chi connectivity index (χ0n) is 12.6. The second-order valence-electron chi connectivity index (χ2n) is 6.23. The van der Waals surface area contributed by atoms with Gasteiger partial charge in [-0.15, -0.1) is 0 Å². The lowest BCUT2D eigenvalue weighted by molar-refractivity contribution is -0.616. The van der Waals surface area contributed by atoms with Crippen LogP contribution in [0.2, 0.25) is 0 Å². The van der Waals surface area contributed by atoms with E-state index < -0.39 is 0 Å². The molecule has 0 radical (unpaired) electrons. The van der Waals surface area contributed by atoms with Gasteiger partial charge < -0.3 is 9.84 Å². The fraction of sp³-hybridized carbons (Fsp3) is 0.263. The number of hydrogen-bond acceptors (Lipinski definition) is 3. The first kappa shape index (κ1) is 13.0. The molecule has 0 N–H and O–H groups in total. The number of hydrogen-bond donors (Lipinski definition) is 0. The van der Waals surface area contributed by atoms with Crippen LogP contribution in [-0.4, -0.2) is 29.1 Å². The van der Waals surface area contributed by atoms with E-state index in [1.165, 1.54) is 11.1 Å². The van der Waals surface area contributed by atoms with Crippen molar-refractivity contribution in [2.45, 2.75) is 19.1 Å². The summed E-state index contributed by atoms with van der Waals surface area (Å²) in [6.45, 7) is 0.692. The van der Waals surface area contributed by atoms with E-state index in [0.717, 1.165) is 29.7 Å². The quantitative estimate of drug-likeness (QED) is 0.596. The van der Waals surface area contributed by atoms with E-state index in [4.69, 9.17) is 4.74 Å². The van der Waals surface area contributed by atoms with E-state index in [1.807, 2.05) is 28.9 Å². The van der Waals surface area contributed by atoms with Gasteiger partial charge >= 0.3 is 0 Å². The number of nitrogens with zero attached hydrogens (tertiary/aromatic N) is 2. The summed E-state index contributed by atoms with van der Waals surface area (Å²) < 4.78 is 7.75. The molecule has 2 aromatic rings. The normalized spacial score (nSPS) is 25.0. The topological polar surface area (TPSA) is 47.7 Å². The Morgan fingerprint density at radius 1 is 0.957 bits per heavy atom. The average Bonchev–Trinajstić information content (AvgIpc) is 3.11. The summed E-state index contributed by atoms with van der Waals surface area (Å²) in [5.74, 6) is -0.180. The molecule has 1 fully saturated rings. The lowest BCUT2D eigenvalue weighted by atomic mass is 9.99. The van der Waals surface area contributed by atoms with Crippen LogP contribution in [0.4, 0.5) is 0 Å². The van der Waals surface area contributed by atoms with Crippen LogP contribution in [0.5, 0.6) is 0 Å². The van der Waals surface area contributed by atoms with Crippen molar-refractivity contribution in [3.05, 3.63) is 59.7 Å². The second-order valence-corrected chi connectivity index (χ2v) is 6.23. The largest absolute Gasteiger partial charge is 0.857 e. The molecule has 0 spiro atoms. The van der Waals surface area contributed by atoms with E-state index in [9.17, 15) is 5.11 Å². The Balaban J connectivity index is 1.80. The summed E-state index contributed by atoms with van der Waals surface area (Å²) in [5.41, 5.74) is 5.64. The molecular weight excluding hydrogens is 288 g/mol. The molecule has 1 aliphatic carbocycles. The molecule has 0 amide bonds. The third kappa shape index (κ3) is 1.75. The number of hydrazone groups is 1. The Morgan fingerprint density at radius 2 is 1.57 bits per heavy atom. The Bertz CT molecular complexity index is 822. The molecule has 0 saturated carbocycles. The minimum absolute atomic E-state index is 0.0518. The van der Waals surface area contributed by atoms with Gasteiger partial charge in [-0.3, -0.25) is 0 Å². The molecule has 0 aromatic heterocycles. The summed E-state index contributed by atoms with van der Waals surface area (Å²) in [6, 6.07) is 16.6. The Labute approximate surface area is 134 Å². The lowest BCUT2D eigenvalue weighted by Gasteiger charge is -2.23. The van der Waals surface area contributed by atoms with Gasteiger partial charge in [0.1, 0.15) is 0 Å². The van der Waals surface area contributed by atoms with Crippen molar-refractivity contribution >= 4 is 11.6 Å². The van der Waals surface area contributed by atoms with Gasteiger partial charge in [0.2, 0.25) is 5.71 Å². The predicted octanol–water partition coefficient (Wildman–Crippen LogP) is 1.96. The van der Waals surface area contributed by atoms with Crippen molar-refractivity contribution < 1.29 is 14.5 Å². The van der Waals surface area contributed by atoms with Crippen molar-refractivity contribution in [2.75, 3.05) is 6.61 Å². The highest BCUT2D eigenvalue weighted by molar-refractivity contribution is 6.22. The molecule has 3 aliphatic rings. The molecule has 4 nitrogen and oxygen atoms in total. The van der Waals surface area contributed by atoms with Crippen LogP contribution in [0.1, 0.15) is 24.0 Å². The van der Waals surface area contributed by atoms with E-state index >= 15 is 0 Å². The van der Waals surface area contributed by atoms with Gasteiger partial charge in [-0.1, -0.05) is 41.1 Å². The molecule has 114 valence electrons. The Hall–Kier alpha value is -2.46. The van der Waals surface area contributed by atoms with Gasteiger partial charge in [-0.25, -0.2) is 0 Å². The molecule has 2 aromatic carbocycles. The summed E-state index contributed by atoms with van der Waals surface area (Å²) in [4.78, 5) is 0. The standard InChI is InChI=1S/C19H16N2O2/c22-18-16-10-5-11-23-19(16)21(20-18)17-14-8-3-1-6-12(14)13-7-2-4-9-15(13)17/h1-4,6-9,16,19H,5,10-11H2/t16-,19-/m1/s1. The van der Waals surface area contributed by atoms with Crippen LogP contribution < -0.4 is 5.11 Å². The fourth-order valence-electron chi connectivity index (χ4n) is 3.91. The van der Waals surface area contributed by atoms with E-state index in [2.05, 4.69) is 29.4 Å². The van der Waals surface area contributed by atoms with Crippen LogP contribution in [0.15, 0.2) is 53.6 Å².